The number of aromatic nitrogens is 2. The molecule has 2 heterocycles. The normalized spacial score (nSPS) is 12.3. The SMILES string of the molecule is Cc1ccc(CNC(=O)c2cc(Nc3ccc4c(c3)OCCO4)ncn2)cc1. The van der Waals surface area contributed by atoms with Crippen LogP contribution in [0, 0.1) is 6.92 Å². The molecule has 0 spiro atoms. The van der Waals surface area contributed by atoms with E-state index in [0.717, 1.165) is 17.0 Å². The van der Waals surface area contributed by atoms with Crippen molar-refractivity contribution in [3.05, 3.63) is 71.7 Å². The molecular formula is C21H20N4O3. The molecule has 7 nitrogen and oxygen atoms in total. The number of carbonyl (C=O) groups excluding carboxylic acids is 1. The topological polar surface area (TPSA) is 85.4 Å². The van der Waals surface area contributed by atoms with Gasteiger partial charge in [0, 0.05) is 24.4 Å². The Morgan fingerprint density at radius 3 is 2.61 bits per heavy atom. The van der Waals surface area contributed by atoms with Crippen molar-refractivity contribution in [3.63, 3.8) is 0 Å². The number of anilines is 2. The molecule has 0 unspecified atom stereocenters. The summed E-state index contributed by atoms with van der Waals surface area (Å²) in [7, 11) is 0. The molecule has 0 saturated carbocycles. The molecule has 2 N–H and O–H groups in total. The molecule has 3 aromatic rings. The van der Waals surface area contributed by atoms with Crippen LogP contribution in [-0.2, 0) is 6.54 Å². The molecule has 7 heteroatoms. The van der Waals surface area contributed by atoms with Gasteiger partial charge < -0.3 is 20.1 Å². The van der Waals surface area contributed by atoms with Gasteiger partial charge in [-0.3, -0.25) is 4.79 Å². The van der Waals surface area contributed by atoms with Gasteiger partial charge in [0.1, 0.15) is 31.1 Å². The van der Waals surface area contributed by atoms with Gasteiger partial charge in [-0.25, -0.2) is 9.97 Å². The average molecular weight is 376 g/mol. The fourth-order valence-electron chi connectivity index (χ4n) is 2.80. The van der Waals surface area contributed by atoms with Crippen molar-refractivity contribution < 1.29 is 14.3 Å². The lowest BCUT2D eigenvalue weighted by Crippen LogP contribution is -2.24. The average Bonchev–Trinajstić information content (AvgIpc) is 2.73. The highest BCUT2D eigenvalue weighted by Gasteiger charge is 2.13. The highest BCUT2D eigenvalue weighted by atomic mass is 16.6. The first-order valence-corrected chi connectivity index (χ1v) is 9.00. The summed E-state index contributed by atoms with van der Waals surface area (Å²) in [6, 6.07) is 15.2. The number of amides is 1. The number of hydrogen-bond acceptors (Lipinski definition) is 6. The number of rotatable bonds is 5. The summed E-state index contributed by atoms with van der Waals surface area (Å²) in [5, 5.41) is 6.04. The van der Waals surface area contributed by atoms with Crippen LogP contribution in [0.5, 0.6) is 11.5 Å². The minimum atomic E-state index is -0.256. The van der Waals surface area contributed by atoms with E-state index < -0.39 is 0 Å². The van der Waals surface area contributed by atoms with Crippen molar-refractivity contribution in [2.24, 2.45) is 0 Å². The molecule has 1 aliphatic heterocycles. The monoisotopic (exact) mass is 376 g/mol. The number of aryl methyl sites for hydroxylation is 1. The van der Waals surface area contributed by atoms with Gasteiger partial charge in [0.15, 0.2) is 11.5 Å². The van der Waals surface area contributed by atoms with E-state index in [1.165, 1.54) is 11.9 Å². The van der Waals surface area contributed by atoms with Crippen molar-refractivity contribution in [2.45, 2.75) is 13.5 Å². The second-order valence-electron chi connectivity index (χ2n) is 6.44. The zero-order valence-corrected chi connectivity index (χ0v) is 15.4. The van der Waals surface area contributed by atoms with Crippen LogP contribution in [-0.4, -0.2) is 29.1 Å². The molecular weight excluding hydrogens is 356 g/mol. The van der Waals surface area contributed by atoms with Crippen LogP contribution < -0.4 is 20.1 Å². The first-order chi connectivity index (χ1) is 13.7. The van der Waals surface area contributed by atoms with E-state index in [9.17, 15) is 4.79 Å². The van der Waals surface area contributed by atoms with Crippen molar-refractivity contribution >= 4 is 17.4 Å². The van der Waals surface area contributed by atoms with Gasteiger partial charge in [-0.05, 0) is 24.6 Å². The Hall–Kier alpha value is -3.61. The number of nitrogens with one attached hydrogen (secondary N) is 2. The predicted octanol–water partition coefficient (Wildman–Crippen LogP) is 3.23. The molecule has 4 rings (SSSR count). The lowest BCUT2D eigenvalue weighted by molar-refractivity contribution is 0.0946. The summed E-state index contributed by atoms with van der Waals surface area (Å²) < 4.78 is 11.1. The fraction of sp³-hybridized carbons (Fsp3) is 0.190. The Kier molecular flexibility index (Phi) is 5.05. The first kappa shape index (κ1) is 17.8. The van der Waals surface area contributed by atoms with Crippen LogP contribution in [0.4, 0.5) is 11.5 Å². The Morgan fingerprint density at radius 1 is 1.00 bits per heavy atom. The van der Waals surface area contributed by atoms with Crippen molar-refractivity contribution in [2.75, 3.05) is 18.5 Å². The zero-order valence-electron chi connectivity index (χ0n) is 15.4. The number of ether oxygens (including phenoxy) is 2. The maximum Gasteiger partial charge on any atom is 0.270 e. The first-order valence-electron chi connectivity index (χ1n) is 9.00. The van der Waals surface area contributed by atoms with E-state index in [-0.39, 0.29) is 5.91 Å². The molecule has 0 atom stereocenters. The highest BCUT2D eigenvalue weighted by molar-refractivity contribution is 5.92. The lowest BCUT2D eigenvalue weighted by atomic mass is 10.1. The van der Waals surface area contributed by atoms with Gasteiger partial charge in [-0.15, -0.1) is 0 Å². The number of carbonyl (C=O) groups is 1. The van der Waals surface area contributed by atoms with Crippen molar-refractivity contribution in [1.29, 1.82) is 0 Å². The highest BCUT2D eigenvalue weighted by Crippen LogP contribution is 2.33. The number of nitrogens with zero attached hydrogens (tertiary/aromatic N) is 2. The van der Waals surface area contributed by atoms with Gasteiger partial charge in [0.05, 0.1) is 0 Å². The minimum absolute atomic E-state index is 0.256. The third-order valence-electron chi connectivity index (χ3n) is 4.29. The molecule has 0 fully saturated rings. The summed E-state index contributed by atoms with van der Waals surface area (Å²) in [5.41, 5.74) is 3.29. The standard InChI is InChI=1S/C21H20N4O3/c1-14-2-4-15(5-3-14)12-22-21(26)17-11-20(24-13-23-17)25-16-6-7-18-19(10-16)28-9-8-27-18/h2-7,10-11,13H,8-9,12H2,1H3,(H,22,26)(H,23,24,25). The van der Waals surface area contributed by atoms with E-state index in [1.54, 1.807) is 6.07 Å². The predicted molar refractivity (Wildman–Crippen MR) is 105 cm³/mol. The van der Waals surface area contributed by atoms with Crippen LogP contribution in [0.25, 0.3) is 0 Å². The number of hydrogen-bond donors (Lipinski definition) is 2. The Balaban J connectivity index is 1.42. The minimum Gasteiger partial charge on any atom is -0.486 e. The second-order valence-corrected chi connectivity index (χ2v) is 6.44. The number of fused-ring (bicyclic) bond motifs is 1. The molecule has 0 radical (unpaired) electrons. The van der Waals surface area contributed by atoms with Crippen LogP contribution in [0.15, 0.2) is 54.9 Å². The van der Waals surface area contributed by atoms with Crippen molar-refractivity contribution in [1.82, 2.24) is 15.3 Å². The zero-order chi connectivity index (χ0) is 19.3. The van der Waals surface area contributed by atoms with Gasteiger partial charge in [0.25, 0.3) is 5.91 Å². The molecule has 1 amide bonds. The smallest absolute Gasteiger partial charge is 0.270 e. The summed E-state index contributed by atoms with van der Waals surface area (Å²) in [6.45, 7) is 3.54. The van der Waals surface area contributed by atoms with Crippen LogP contribution in [0.1, 0.15) is 21.6 Å². The molecule has 0 aliphatic carbocycles. The second kappa shape index (κ2) is 7.96. The van der Waals surface area contributed by atoms with E-state index in [2.05, 4.69) is 20.6 Å². The van der Waals surface area contributed by atoms with E-state index in [1.807, 2.05) is 49.4 Å². The third-order valence-corrected chi connectivity index (χ3v) is 4.29. The third kappa shape index (κ3) is 4.20. The van der Waals surface area contributed by atoms with Gasteiger partial charge in [0.2, 0.25) is 0 Å². The molecule has 1 aromatic heterocycles. The Morgan fingerprint density at radius 2 is 1.79 bits per heavy atom. The Bertz CT molecular complexity index is 989. The quantitative estimate of drug-likeness (QED) is 0.711. The molecule has 2 aromatic carbocycles. The maximum absolute atomic E-state index is 12.4. The molecule has 142 valence electrons. The summed E-state index contributed by atoms with van der Waals surface area (Å²) in [6.07, 6.45) is 1.36. The number of benzene rings is 2. The summed E-state index contributed by atoms with van der Waals surface area (Å²) in [5.74, 6) is 1.66. The summed E-state index contributed by atoms with van der Waals surface area (Å²) >= 11 is 0. The largest absolute Gasteiger partial charge is 0.486 e. The van der Waals surface area contributed by atoms with Crippen molar-refractivity contribution in [3.8, 4) is 11.5 Å². The summed E-state index contributed by atoms with van der Waals surface area (Å²) in [4.78, 5) is 20.7. The van der Waals surface area contributed by atoms with Gasteiger partial charge in [-0.1, -0.05) is 29.8 Å². The van der Waals surface area contributed by atoms with E-state index in [0.29, 0.717) is 37.0 Å². The van der Waals surface area contributed by atoms with Gasteiger partial charge in [-0.2, -0.15) is 0 Å². The maximum atomic E-state index is 12.4. The molecule has 0 saturated heterocycles. The van der Waals surface area contributed by atoms with E-state index in [4.69, 9.17) is 9.47 Å². The molecule has 28 heavy (non-hydrogen) atoms. The van der Waals surface area contributed by atoms with Crippen LogP contribution in [0.3, 0.4) is 0 Å². The fourth-order valence-corrected chi connectivity index (χ4v) is 2.80. The van der Waals surface area contributed by atoms with E-state index >= 15 is 0 Å². The molecule has 0 bridgehead atoms. The van der Waals surface area contributed by atoms with Crippen LogP contribution >= 0.6 is 0 Å². The lowest BCUT2D eigenvalue weighted by Gasteiger charge is -2.19. The Labute approximate surface area is 162 Å². The molecule has 1 aliphatic rings. The van der Waals surface area contributed by atoms with Crippen LogP contribution in [0.2, 0.25) is 0 Å². The van der Waals surface area contributed by atoms with Gasteiger partial charge >= 0.3 is 0 Å².